The predicted octanol–water partition coefficient (Wildman–Crippen LogP) is 4.81. The molecular formula is C21H31NO2. The Kier molecular flexibility index (Phi) is 8.48. The van der Waals surface area contributed by atoms with Crippen molar-refractivity contribution >= 4 is 5.97 Å². The van der Waals surface area contributed by atoms with Crippen LogP contribution in [0.15, 0.2) is 48.1 Å². The van der Waals surface area contributed by atoms with Gasteiger partial charge in [-0.15, -0.1) is 0 Å². The molecule has 24 heavy (non-hydrogen) atoms. The average molecular weight is 329 g/mol. The zero-order valence-corrected chi connectivity index (χ0v) is 15.9. The highest BCUT2D eigenvalue weighted by Crippen LogP contribution is 2.30. The minimum absolute atomic E-state index is 0.348. The summed E-state index contributed by atoms with van der Waals surface area (Å²) in [7, 11) is 4.19. The van der Waals surface area contributed by atoms with Gasteiger partial charge in [-0.2, -0.15) is 0 Å². The quantitative estimate of drug-likeness (QED) is 0.297. The maximum Gasteiger partial charge on any atom is 0.336 e. The third-order valence-electron chi connectivity index (χ3n) is 3.95. The van der Waals surface area contributed by atoms with Gasteiger partial charge in [0.15, 0.2) is 0 Å². The van der Waals surface area contributed by atoms with Gasteiger partial charge in [0.05, 0.1) is 0 Å². The highest BCUT2D eigenvalue weighted by atomic mass is 16.5. The summed E-state index contributed by atoms with van der Waals surface area (Å²) in [5, 5.41) is 0. The number of carbonyl (C=O) groups is 1. The number of rotatable bonds is 8. The molecule has 1 aromatic carbocycles. The van der Waals surface area contributed by atoms with Crippen molar-refractivity contribution in [2.24, 2.45) is 5.92 Å². The van der Waals surface area contributed by atoms with E-state index in [1.807, 2.05) is 38.1 Å². The topological polar surface area (TPSA) is 29.5 Å². The van der Waals surface area contributed by atoms with Crippen LogP contribution in [0.2, 0.25) is 0 Å². The molecule has 0 spiro atoms. The molecule has 0 aliphatic carbocycles. The van der Waals surface area contributed by atoms with Crippen LogP contribution >= 0.6 is 0 Å². The molecule has 0 heterocycles. The van der Waals surface area contributed by atoms with Crippen LogP contribution in [0.1, 0.15) is 45.6 Å². The van der Waals surface area contributed by atoms with E-state index >= 15 is 0 Å². The highest BCUT2D eigenvalue weighted by molar-refractivity contribution is 5.84. The molecule has 0 fully saturated rings. The Morgan fingerprint density at radius 1 is 1.29 bits per heavy atom. The molecule has 132 valence electrons. The van der Waals surface area contributed by atoms with Gasteiger partial charge >= 0.3 is 5.97 Å². The molecule has 0 aliphatic rings. The van der Waals surface area contributed by atoms with E-state index in [-0.39, 0.29) is 5.97 Å². The summed E-state index contributed by atoms with van der Waals surface area (Å²) in [4.78, 5) is 14.1. The molecule has 0 aliphatic heterocycles. The van der Waals surface area contributed by atoms with Gasteiger partial charge in [-0.25, -0.2) is 4.79 Å². The predicted molar refractivity (Wildman–Crippen MR) is 101 cm³/mol. The fraction of sp³-hybridized carbons (Fsp3) is 0.476. The van der Waals surface area contributed by atoms with Crippen molar-refractivity contribution in [2.75, 3.05) is 20.6 Å². The van der Waals surface area contributed by atoms with E-state index < -0.39 is 0 Å². The van der Waals surface area contributed by atoms with Crippen LogP contribution in [0.25, 0.3) is 0 Å². The molecule has 0 unspecified atom stereocenters. The molecule has 0 radical (unpaired) electrons. The summed E-state index contributed by atoms with van der Waals surface area (Å²) in [6, 6.07) is 7.91. The molecule has 3 heteroatoms. The van der Waals surface area contributed by atoms with E-state index in [0.29, 0.717) is 17.6 Å². The molecule has 1 aromatic rings. The zero-order valence-electron chi connectivity index (χ0n) is 15.9. The fourth-order valence-electron chi connectivity index (χ4n) is 2.95. The third kappa shape index (κ3) is 7.14. The second kappa shape index (κ2) is 10.1. The van der Waals surface area contributed by atoms with Gasteiger partial charge in [-0.1, -0.05) is 43.7 Å². The Hall–Kier alpha value is -1.87. The smallest absolute Gasteiger partial charge is 0.336 e. The van der Waals surface area contributed by atoms with Crippen LogP contribution in [0.5, 0.6) is 5.75 Å². The standard InChI is InChI=1S/C21H31NO2/c1-7-20(17(4)15-22(5)6)18-11-9-12-19(14-18)24-21(23)13-8-10-16(2)3/h8-14,17,20H,7,15H2,1-6H3/b13-8+/t17-,20+/m1/s1. The van der Waals surface area contributed by atoms with Gasteiger partial charge in [0.2, 0.25) is 0 Å². The van der Waals surface area contributed by atoms with Gasteiger partial charge in [-0.05, 0) is 63.9 Å². The summed E-state index contributed by atoms with van der Waals surface area (Å²) in [6.07, 6.45) is 6.11. The molecule has 2 atom stereocenters. The number of benzene rings is 1. The minimum Gasteiger partial charge on any atom is -0.423 e. The summed E-state index contributed by atoms with van der Waals surface area (Å²) in [6.45, 7) is 9.48. The normalized spacial score (nSPS) is 13.8. The number of hydrogen-bond donors (Lipinski definition) is 0. The average Bonchev–Trinajstić information content (AvgIpc) is 2.47. The van der Waals surface area contributed by atoms with Crippen LogP contribution in [0, 0.1) is 5.92 Å². The van der Waals surface area contributed by atoms with Crippen LogP contribution in [0.4, 0.5) is 0 Å². The Balaban J connectivity index is 2.83. The van der Waals surface area contributed by atoms with Crippen LogP contribution < -0.4 is 4.74 Å². The number of ether oxygens (including phenoxy) is 1. The summed E-state index contributed by atoms with van der Waals surface area (Å²) in [5.74, 6) is 1.25. The first-order chi connectivity index (χ1) is 11.3. The molecule has 1 rings (SSSR count). The third-order valence-corrected chi connectivity index (χ3v) is 3.95. The van der Waals surface area contributed by atoms with Crippen molar-refractivity contribution in [1.82, 2.24) is 4.90 Å². The molecule has 3 nitrogen and oxygen atoms in total. The van der Waals surface area contributed by atoms with Crippen LogP contribution in [-0.2, 0) is 4.79 Å². The van der Waals surface area contributed by atoms with Gasteiger partial charge in [0.1, 0.15) is 5.75 Å². The summed E-state index contributed by atoms with van der Waals surface area (Å²) in [5.41, 5.74) is 2.37. The molecule has 0 N–H and O–H groups in total. The molecule has 0 saturated carbocycles. The maximum absolute atomic E-state index is 11.9. The number of esters is 1. The lowest BCUT2D eigenvalue weighted by Crippen LogP contribution is -2.24. The SMILES string of the molecule is CC[C@H](c1cccc(OC(=O)/C=C/C=C(C)C)c1)[C@H](C)CN(C)C. The lowest BCUT2D eigenvalue weighted by Gasteiger charge is -2.26. The summed E-state index contributed by atoms with van der Waals surface area (Å²) < 4.78 is 5.43. The number of carbonyl (C=O) groups excluding carboxylic acids is 1. The molecule has 0 saturated heterocycles. The van der Waals surface area contributed by atoms with E-state index in [0.717, 1.165) is 18.5 Å². The van der Waals surface area contributed by atoms with Crippen molar-refractivity contribution < 1.29 is 9.53 Å². The number of allylic oxidation sites excluding steroid dienone is 3. The maximum atomic E-state index is 11.9. The fourth-order valence-corrected chi connectivity index (χ4v) is 2.95. The van der Waals surface area contributed by atoms with Gasteiger partial charge in [0.25, 0.3) is 0 Å². The van der Waals surface area contributed by atoms with Crippen LogP contribution in [-0.4, -0.2) is 31.5 Å². The second-order valence-corrected chi connectivity index (χ2v) is 6.85. The van der Waals surface area contributed by atoms with E-state index in [1.165, 1.54) is 11.6 Å². The summed E-state index contributed by atoms with van der Waals surface area (Å²) >= 11 is 0. The first-order valence-corrected chi connectivity index (χ1v) is 8.61. The molecular weight excluding hydrogens is 298 g/mol. The largest absolute Gasteiger partial charge is 0.423 e. The Morgan fingerprint density at radius 2 is 2.00 bits per heavy atom. The van der Waals surface area contributed by atoms with E-state index in [2.05, 4.69) is 38.9 Å². The lowest BCUT2D eigenvalue weighted by molar-refractivity contribution is -0.128. The molecule has 0 bridgehead atoms. The van der Waals surface area contributed by atoms with E-state index in [4.69, 9.17) is 4.74 Å². The minimum atomic E-state index is -0.348. The Labute approximate surface area is 147 Å². The van der Waals surface area contributed by atoms with E-state index in [9.17, 15) is 4.79 Å². The second-order valence-electron chi connectivity index (χ2n) is 6.85. The zero-order chi connectivity index (χ0) is 18.1. The van der Waals surface area contributed by atoms with Crippen molar-refractivity contribution in [3.8, 4) is 5.75 Å². The number of nitrogens with zero attached hydrogens (tertiary/aromatic N) is 1. The van der Waals surface area contributed by atoms with Crippen molar-refractivity contribution in [1.29, 1.82) is 0 Å². The van der Waals surface area contributed by atoms with Gasteiger partial charge in [0, 0.05) is 12.6 Å². The van der Waals surface area contributed by atoms with Crippen molar-refractivity contribution in [3.63, 3.8) is 0 Å². The first kappa shape index (κ1) is 20.2. The monoisotopic (exact) mass is 329 g/mol. The van der Waals surface area contributed by atoms with Crippen molar-refractivity contribution in [2.45, 2.75) is 40.0 Å². The first-order valence-electron chi connectivity index (χ1n) is 8.61. The lowest BCUT2D eigenvalue weighted by atomic mass is 9.85. The van der Waals surface area contributed by atoms with Gasteiger partial charge in [-0.3, -0.25) is 0 Å². The number of hydrogen-bond acceptors (Lipinski definition) is 3. The van der Waals surface area contributed by atoms with E-state index in [1.54, 1.807) is 6.08 Å². The molecule has 0 amide bonds. The highest BCUT2D eigenvalue weighted by Gasteiger charge is 2.19. The molecule has 0 aromatic heterocycles. The van der Waals surface area contributed by atoms with Crippen LogP contribution in [0.3, 0.4) is 0 Å². The van der Waals surface area contributed by atoms with Crippen molar-refractivity contribution in [3.05, 3.63) is 53.6 Å². The Morgan fingerprint density at radius 3 is 2.58 bits per heavy atom. The Bertz CT molecular complexity index is 583. The van der Waals surface area contributed by atoms with Gasteiger partial charge < -0.3 is 9.64 Å².